The highest BCUT2D eigenvalue weighted by Crippen LogP contribution is 2.13. The van der Waals surface area contributed by atoms with Gasteiger partial charge in [0.15, 0.2) is 0 Å². The zero-order chi connectivity index (χ0) is 18.6. The Morgan fingerprint density at radius 1 is 0.720 bits per heavy atom. The highest BCUT2D eigenvalue weighted by molar-refractivity contribution is 5.81. The van der Waals surface area contributed by atoms with E-state index in [-0.39, 0.29) is 18.4 Å². The highest BCUT2D eigenvalue weighted by Gasteiger charge is 2.10. The molecule has 0 saturated heterocycles. The van der Waals surface area contributed by atoms with E-state index in [1.807, 2.05) is 0 Å². The number of carbonyl (C=O) groups excluding carboxylic acids is 1. The average Bonchev–Trinajstić information content (AvgIpc) is 2.60. The van der Waals surface area contributed by atoms with Crippen LogP contribution in [0.1, 0.15) is 117 Å². The molecule has 1 atom stereocenters. The molecule has 0 spiro atoms. The maximum atomic E-state index is 11.2. The standard InChI is InChI=1S/C22H45NO2/c1-3-4-5-6-7-8-9-10-11-12-13-14-15-16-17-18-19-23-22(20-24)21(2)25/h22-24H,3-20H2,1-2H3/t22-/m1/s1. The van der Waals surface area contributed by atoms with Gasteiger partial charge in [-0.3, -0.25) is 4.79 Å². The number of rotatable bonds is 20. The smallest absolute Gasteiger partial charge is 0.149 e. The number of hydrogen-bond acceptors (Lipinski definition) is 3. The molecule has 0 amide bonds. The van der Waals surface area contributed by atoms with Crippen LogP contribution in [0.2, 0.25) is 0 Å². The Kier molecular flexibility index (Phi) is 19.6. The largest absolute Gasteiger partial charge is 0.394 e. The summed E-state index contributed by atoms with van der Waals surface area (Å²) in [4.78, 5) is 11.2. The highest BCUT2D eigenvalue weighted by atomic mass is 16.3. The van der Waals surface area contributed by atoms with E-state index in [2.05, 4.69) is 12.2 Å². The molecule has 0 rings (SSSR count). The number of ketones is 1. The number of hydrogen-bond donors (Lipinski definition) is 2. The van der Waals surface area contributed by atoms with Gasteiger partial charge in [-0.15, -0.1) is 0 Å². The van der Waals surface area contributed by atoms with Crippen LogP contribution >= 0.6 is 0 Å². The number of unbranched alkanes of at least 4 members (excludes halogenated alkanes) is 15. The van der Waals surface area contributed by atoms with Gasteiger partial charge in [-0.1, -0.05) is 103 Å². The van der Waals surface area contributed by atoms with Crippen molar-refractivity contribution in [3.8, 4) is 0 Å². The van der Waals surface area contributed by atoms with Gasteiger partial charge in [0.05, 0.1) is 12.6 Å². The summed E-state index contributed by atoms with van der Waals surface area (Å²) in [6, 6.07) is -0.364. The summed E-state index contributed by atoms with van der Waals surface area (Å²) >= 11 is 0. The van der Waals surface area contributed by atoms with E-state index in [0.717, 1.165) is 13.0 Å². The molecule has 0 heterocycles. The molecule has 0 aromatic rings. The second kappa shape index (κ2) is 19.9. The van der Waals surface area contributed by atoms with Crippen molar-refractivity contribution in [1.29, 1.82) is 0 Å². The minimum Gasteiger partial charge on any atom is -0.394 e. The second-order valence-corrected chi connectivity index (χ2v) is 7.60. The van der Waals surface area contributed by atoms with Crippen molar-refractivity contribution in [3.63, 3.8) is 0 Å². The number of carbonyl (C=O) groups is 1. The predicted molar refractivity (Wildman–Crippen MR) is 109 cm³/mol. The lowest BCUT2D eigenvalue weighted by molar-refractivity contribution is -0.119. The topological polar surface area (TPSA) is 49.3 Å². The monoisotopic (exact) mass is 355 g/mol. The van der Waals surface area contributed by atoms with Crippen molar-refractivity contribution < 1.29 is 9.90 Å². The van der Waals surface area contributed by atoms with Gasteiger partial charge < -0.3 is 10.4 Å². The molecule has 0 aromatic carbocycles. The number of aliphatic hydroxyl groups is 1. The van der Waals surface area contributed by atoms with Crippen LogP contribution in [0.3, 0.4) is 0 Å². The summed E-state index contributed by atoms with van der Waals surface area (Å²) in [5, 5.41) is 12.2. The van der Waals surface area contributed by atoms with Gasteiger partial charge in [0.2, 0.25) is 0 Å². The van der Waals surface area contributed by atoms with E-state index in [4.69, 9.17) is 5.11 Å². The Hall–Kier alpha value is -0.410. The van der Waals surface area contributed by atoms with Gasteiger partial charge in [-0.2, -0.15) is 0 Å². The van der Waals surface area contributed by atoms with Crippen LogP contribution in [0.4, 0.5) is 0 Å². The lowest BCUT2D eigenvalue weighted by Crippen LogP contribution is -2.38. The molecule has 0 saturated carbocycles. The number of nitrogens with one attached hydrogen (secondary N) is 1. The number of Topliss-reactive ketones (excluding diaryl/α,β-unsaturated/α-hetero) is 1. The maximum Gasteiger partial charge on any atom is 0.149 e. The van der Waals surface area contributed by atoms with Crippen molar-refractivity contribution >= 4 is 5.78 Å². The van der Waals surface area contributed by atoms with Crippen molar-refractivity contribution in [2.24, 2.45) is 0 Å². The molecule has 150 valence electrons. The summed E-state index contributed by atoms with van der Waals surface area (Å²) in [5.74, 6) is 0.0268. The first-order valence-electron chi connectivity index (χ1n) is 11.1. The van der Waals surface area contributed by atoms with Gasteiger partial charge in [-0.25, -0.2) is 0 Å². The third-order valence-corrected chi connectivity index (χ3v) is 5.09. The van der Waals surface area contributed by atoms with E-state index in [0.29, 0.717) is 0 Å². The van der Waals surface area contributed by atoms with Crippen LogP contribution < -0.4 is 5.32 Å². The Balaban J connectivity index is 3.11. The van der Waals surface area contributed by atoms with Crippen LogP contribution in [0, 0.1) is 0 Å². The first kappa shape index (κ1) is 24.6. The summed E-state index contributed by atoms with van der Waals surface area (Å²) in [5.41, 5.74) is 0. The van der Waals surface area contributed by atoms with Crippen LogP contribution in [-0.2, 0) is 4.79 Å². The maximum absolute atomic E-state index is 11.2. The van der Waals surface area contributed by atoms with Crippen molar-refractivity contribution in [1.82, 2.24) is 5.32 Å². The molecule has 0 bridgehead atoms. The fraction of sp³-hybridized carbons (Fsp3) is 0.955. The molecule has 0 aliphatic rings. The quantitative estimate of drug-likeness (QED) is 0.272. The Bertz CT molecular complexity index is 281. The van der Waals surface area contributed by atoms with Crippen molar-refractivity contribution in [2.45, 2.75) is 123 Å². The Morgan fingerprint density at radius 2 is 1.08 bits per heavy atom. The molecule has 0 aliphatic heterocycles. The molecule has 2 N–H and O–H groups in total. The summed E-state index contributed by atoms with van der Waals surface area (Å²) in [6.07, 6.45) is 22.0. The SMILES string of the molecule is CCCCCCCCCCCCCCCCCCN[C@H](CO)C(C)=O. The fourth-order valence-corrected chi connectivity index (χ4v) is 3.29. The second-order valence-electron chi connectivity index (χ2n) is 7.60. The molecule has 0 radical (unpaired) electrons. The lowest BCUT2D eigenvalue weighted by Gasteiger charge is -2.12. The molecular weight excluding hydrogens is 310 g/mol. The molecule has 0 aliphatic carbocycles. The summed E-state index contributed by atoms with van der Waals surface area (Å²) < 4.78 is 0. The van der Waals surface area contributed by atoms with Gasteiger partial charge >= 0.3 is 0 Å². The molecule has 0 aromatic heterocycles. The zero-order valence-corrected chi connectivity index (χ0v) is 17.2. The van der Waals surface area contributed by atoms with Crippen molar-refractivity contribution in [2.75, 3.05) is 13.2 Å². The molecule has 25 heavy (non-hydrogen) atoms. The van der Waals surface area contributed by atoms with Crippen LogP contribution in [0.15, 0.2) is 0 Å². The molecular formula is C22H45NO2. The lowest BCUT2D eigenvalue weighted by atomic mass is 10.0. The van der Waals surface area contributed by atoms with E-state index >= 15 is 0 Å². The van der Waals surface area contributed by atoms with Crippen LogP contribution in [0.25, 0.3) is 0 Å². The summed E-state index contributed by atoms with van der Waals surface area (Å²) in [6.45, 7) is 4.56. The normalized spacial score (nSPS) is 12.4. The fourth-order valence-electron chi connectivity index (χ4n) is 3.29. The Morgan fingerprint density at radius 3 is 1.40 bits per heavy atom. The van der Waals surface area contributed by atoms with Gasteiger partial charge in [0.1, 0.15) is 5.78 Å². The third-order valence-electron chi connectivity index (χ3n) is 5.09. The molecule has 3 nitrogen and oxygen atoms in total. The molecule has 0 fully saturated rings. The minimum atomic E-state index is -0.364. The van der Waals surface area contributed by atoms with Crippen molar-refractivity contribution in [3.05, 3.63) is 0 Å². The Labute approximate surface area is 157 Å². The minimum absolute atomic E-state index is 0.0268. The van der Waals surface area contributed by atoms with E-state index in [1.54, 1.807) is 0 Å². The van der Waals surface area contributed by atoms with E-state index in [1.165, 1.54) is 103 Å². The van der Waals surface area contributed by atoms with Crippen LogP contribution in [-0.4, -0.2) is 30.1 Å². The van der Waals surface area contributed by atoms with E-state index in [9.17, 15) is 4.79 Å². The van der Waals surface area contributed by atoms with Gasteiger partial charge in [-0.05, 0) is 19.9 Å². The average molecular weight is 356 g/mol. The molecule has 3 heteroatoms. The van der Waals surface area contributed by atoms with Crippen LogP contribution in [0.5, 0.6) is 0 Å². The first-order valence-corrected chi connectivity index (χ1v) is 11.1. The zero-order valence-electron chi connectivity index (χ0n) is 17.2. The third kappa shape index (κ3) is 18.2. The summed E-state index contributed by atoms with van der Waals surface area (Å²) in [7, 11) is 0. The van der Waals surface area contributed by atoms with Gasteiger partial charge in [0.25, 0.3) is 0 Å². The van der Waals surface area contributed by atoms with Gasteiger partial charge in [0, 0.05) is 0 Å². The predicted octanol–water partition coefficient (Wildman–Crippen LogP) is 5.79. The molecule has 0 unspecified atom stereocenters. The first-order chi connectivity index (χ1) is 12.2. The van der Waals surface area contributed by atoms with E-state index < -0.39 is 0 Å². The number of aliphatic hydroxyl groups excluding tert-OH is 1.